The number of ether oxygens (including phenoxy) is 1. The third-order valence-electron chi connectivity index (χ3n) is 1.78. The quantitative estimate of drug-likeness (QED) is 0.687. The number of methoxy groups -OCH3 is 1. The van der Waals surface area contributed by atoms with E-state index >= 15 is 0 Å². The average molecular weight is 169 g/mol. The predicted molar refractivity (Wildman–Crippen MR) is 46.7 cm³/mol. The van der Waals surface area contributed by atoms with E-state index in [-0.39, 0.29) is 5.69 Å². The Labute approximate surface area is 71.1 Å². The lowest BCUT2D eigenvalue weighted by atomic mass is 10.1. The van der Waals surface area contributed by atoms with Gasteiger partial charge in [-0.3, -0.25) is 0 Å². The Morgan fingerprint density at radius 1 is 1.50 bits per heavy atom. The first-order valence-electron chi connectivity index (χ1n) is 3.81. The van der Waals surface area contributed by atoms with E-state index in [2.05, 4.69) is 0 Å². The van der Waals surface area contributed by atoms with Crippen molar-refractivity contribution in [2.24, 2.45) is 0 Å². The first-order valence-corrected chi connectivity index (χ1v) is 3.81. The summed E-state index contributed by atoms with van der Waals surface area (Å²) in [6.45, 7) is 1.95. The molecule has 0 aliphatic heterocycles. The summed E-state index contributed by atoms with van der Waals surface area (Å²) in [4.78, 5) is 0. The Bertz CT molecular complexity index is 286. The molecular formula is C9H12FNO. The van der Waals surface area contributed by atoms with Crippen LogP contribution in [-0.2, 0) is 6.42 Å². The fourth-order valence-corrected chi connectivity index (χ4v) is 1.02. The molecule has 3 heteroatoms. The largest absolute Gasteiger partial charge is 0.494 e. The van der Waals surface area contributed by atoms with Gasteiger partial charge in [-0.1, -0.05) is 6.92 Å². The zero-order valence-corrected chi connectivity index (χ0v) is 7.23. The monoisotopic (exact) mass is 169 g/mol. The number of hydrogen-bond acceptors (Lipinski definition) is 2. The van der Waals surface area contributed by atoms with E-state index in [0.29, 0.717) is 5.75 Å². The van der Waals surface area contributed by atoms with Crippen LogP contribution >= 0.6 is 0 Å². The Balaban J connectivity index is 3.19. The number of hydrogen-bond donors (Lipinski definition) is 1. The van der Waals surface area contributed by atoms with Crippen LogP contribution in [0.2, 0.25) is 0 Å². The molecule has 0 aliphatic carbocycles. The molecule has 12 heavy (non-hydrogen) atoms. The van der Waals surface area contributed by atoms with Crippen LogP contribution in [0.25, 0.3) is 0 Å². The van der Waals surface area contributed by atoms with Crippen LogP contribution in [0.1, 0.15) is 12.5 Å². The number of nitrogen functional groups attached to an aromatic ring is 1. The fourth-order valence-electron chi connectivity index (χ4n) is 1.02. The molecule has 1 aromatic carbocycles. The second-order valence-electron chi connectivity index (χ2n) is 2.55. The molecule has 2 N–H and O–H groups in total. The Kier molecular flexibility index (Phi) is 2.53. The van der Waals surface area contributed by atoms with Crippen LogP contribution in [0.4, 0.5) is 10.1 Å². The summed E-state index contributed by atoms with van der Waals surface area (Å²) in [5.74, 6) is -0.00181. The summed E-state index contributed by atoms with van der Waals surface area (Å²) in [5, 5.41) is 0. The molecule has 0 atom stereocenters. The maximum atomic E-state index is 13.0. The highest BCUT2D eigenvalue weighted by molar-refractivity contribution is 5.55. The van der Waals surface area contributed by atoms with E-state index in [9.17, 15) is 4.39 Å². The third-order valence-corrected chi connectivity index (χ3v) is 1.78. The molecule has 0 saturated heterocycles. The zero-order chi connectivity index (χ0) is 9.14. The number of halogens is 1. The molecule has 1 rings (SSSR count). The van der Waals surface area contributed by atoms with Gasteiger partial charge in [0, 0.05) is 0 Å². The number of nitrogens with two attached hydrogens (primary N) is 1. The van der Waals surface area contributed by atoms with E-state index < -0.39 is 5.82 Å². The van der Waals surface area contributed by atoms with Crippen molar-refractivity contribution in [1.29, 1.82) is 0 Å². The molecule has 0 aromatic heterocycles. The summed E-state index contributed by atoms with van der Waals surface area (Å²) in [6.07, 6.45) is 0.771. The lowest BCUT2D eigenvalue weighted by molar-refractivity contribution is 0.413. The lowest BCUT2D eigenvalue weighted by Crippen LogP contribution is -1.97. The molecule has 2 nitrogen and oxygen atoms in total. The summed E-state index contributed by atoms with van der Waals surface area (Å²) in [5.41, 5.74) is 6.38. The molecule has 0 radical (unpaired) electrons. The Morgan fingerprint density at radius 3 is 2.67 bits per heavy atom. The minimum atomic E-state index is -0.411. The standard InChI is InChI=1S/C9H12FNO/c1-3-6-4-7(10)9(11)8(5-6)12-2/h4-5H,3,11H2,1-2H3. The van der Waals surface area contributed by atoms with E-state index in [1.165, 1.54) is 13.2 Å². The molecule has 1 aromatic rings. The van der Waals surface area contributed by atoms with Crippen LogP contribution in [0.15, 0.2) is 12.1 Å². The average Bonchev–Trinajstić information content (AvgIpc) is 2.09. The van der Waals surface area contributed by atoms with Gasteiger partial charge in [-0.15, -0.1) is 0 Å². The van der Waals surface area contributed by atoms with E-state index in [4.69, 9.17) is 10.5 Å². The molecule has 0 fully saturated rings. The maximum absolute atomic E-state index is 13.0. The van der Waals surface area contributed by atoms with Crippen LogP contribution in [0.5, 0.6) is 5.75 Å². The maximum Gasteiger partial charge on any atom is 0.150 e. The van der Waals surface area contributed by atoms with Gasteiger partial charge in [0.1, 0.15) is 17.3 Å². The van der Waals surface area contributed by atoms with E-state index in [1.807, 2.05) is 6.92 Å². The Hall–Kier alpha value is -1.25. The minimum absolute atomic E-state index is 0.0784. The van der Waals surface area contributed by atoms with Crippen molar-refractivity contribution in [3.05, 3.63) is 23.5 Å². The number of benzene rings is 1. The minimum Gasteiger partial charge on any atom is -0.494 e. The number of anilines is 1. The van der Waals surface area contributed by atoms with Gasteiger partial charge >= 0.3 is 0 Å². The molecule has 0 aliphatic rings. The van der Waals surface area contributed by atoms with Gasteiger partial charge < -0.3 is 10.5 Å². The van der Waals surface area contributed by atoms with Gasteiger partial charge in [0.15, 0.2) is 0 Å². The zero-order valence-electron chi connectivity index (χ0n) is 7.23. The highest BCUT2D eigenvalue weighted by atomic mass is 19.1. The van der Waals surface area contributed by atoms with Crippen molar-refractivity contribution in [2.45, 2.75) is 13.3 Å². The van der Waals surface area contributed by atoms with Crippen LogP contribution < -0.4 is 10.5 Å². The van der Waals surface area contributed by atoms with Crippen molar-refractivity contribution >= 4 is 5.69 Å². The highest BCUT2D eigenvalue weighted by Crippen LogP contribution is 2.25. The summed E-state index contributed by atoms with van der Waals surface area (Å²) < 4.78 is 17.9. The molecule has 0 amide bonds. The van der Waals surface area contributed by atoms with Gasteiger partial charge in [-0.25, -0.2) is 4.39 Å². The molecule has 0 spiro atoms. The van der Waals surface area contributed by atoms with Gasteiger partial charge in [-0.05, 0) is 24.1 Å². The highest BCUT2D eigenvalue weighted by Gasteiger charge is 2.06. The SMILES string of the molecule is CCc1cc(F)c(N)c(OC)c1. The molecule has 0 bridgehead atoms. The van der Waals surface area contributed by atoms with Gasteiger partial charge in [0.25, 0.3) is 0 Å². The second kappa shape index (κ2) is 3.43. The normalized spacial score (nSPS) is 9.92. The summed E-state index contributed by atoms with van der Waals surface area (Å²) in [6, 6.07) is 3.18. The summed E-state index contributed by atoms with van der Waals surface area (Å²) >= 11 is 0. The molecule has 0 saturated carbocycles. The van der Waals surface area contributed by atoms with Crippen molar-refractivity contribution in [1.82, 2.24) is 0 Å². The first-order chi connectivity index (χ1) is 5.69. The van der Waals surface area contributed by atoms with E-state index in [0.717, 1.165) is 12.0 Å². The van der Waals surface area contributed by atoms with Gasteiger partial charge in [0.05, 0.1) is 7.11 Å². The van der Waals surface area contributed by atoms with Crippen molar-refractivity contribution in [3.8, 4) is 5.75 Å². The van der Waals surface area contributed by atoms with Crippen molar-refractivity contribution < 1.29 is 9.13 Å². The summed E-state index contributed by atoms with van der Waals surface area (Å²) in [7, 11) is 1.48. The second-order valence-corrected chi connectivity index (χ2v) is 2.55. The molecule has 0 unspecified atom stereocenters. The predicted octanol–water partition coefficient (Wildman–Crippen LogP) is 1.98. The lowest BCUT2D eigenvalue weighted by Gasteiger charge is -2.06. The van der Waals surface area contributed by atoms with Crippen molar-refractivity contribution in [2.75, 3.05) is 12.8 Å². The molecular weight excluding hydrogens is 157 g/mol. The topological polar surface area (TPSA) is 35.2 Å². The fraction of sp³-hybridized carbons (Fsp3) is 0.333. The molecule has 66 valence electrons. The Morgan fingerprint density at radius 2 is 2.17 bits per heavy atom. The van der Waals surface area contributed by atoms with Gasteiger partial charge in [-0.2, -0.15) is 0 Å². The first kappa shape index (κ1) is 8.84. The van der Waals surface area contributed by atoms with Gasteiger partial charge in [0.2, 0.25) is 0 Å². The number of rotatable bonds is 2. The molecule has 0 heterocycles. The third kappa shape index (κ3) is 1.49. The van der Waals surface area contributed by atoms with Crippen LogP contribution in [0.3, 0.4) is 0 Å². The number of aryl methyl sites for hydroxylation is 1. The van der Waals surface area contributed by atoms with E-state index in [1.54, 1.807) is 6.07 Å². The van der Waals surface area contributed by atoms with Crippen LogP contribution in [-0.4, -0.2) is 7.11 Å². The van der Waals surface area contributed by atoms with Crippen LogP contribution in [0, 0.1) is 5.82 Å². The van der Waals surface area contributed by atoms with Crippen molar-refractivity contribution in [3.63, 3.8) is 0 Å². The smallest absolute Gasteiger partial charge is 0.150 e.